The topological polar surface area (TPSA) is 67.6 Å². The van der Waals surface area contributed by atoms with Gasteiger partial charge in [-0.1, -0.05) is 6.92 Å². The first-order valence-corrected chi connectivity index (χ1v) is 8.26. The highest BCUT2D eigenvalue weighted by atomic mass is 16.5. The fourth-order valence-corrected chi connectivity index (χ4v) is 2.86. The molecular weight excluding hydrogens is 266 g/mol. The number of rotatable bonds is 9. The summed E-state index contributed by atoms with van der Waals surface area (Å²) in [6.45, 7) is 8.75. The predicted octanol–water partition coefficient (Wildman–Crippen LogP) is 1.51. The molecule has 0 bridgehead atoms. The highest BCUT2D eigenvalue weighted by molar-refractivity contribution is 5.84. The fraction of sp³-hybridized carbons (Fsp3) is 0.938. The van der Waals surface area contributed by atoms with Crippen LogP contribution in [0.15, 0.2) is 0 Å². The summed E-state index contributed by atoms with van der Waals surface area (Å²) in [5.41, 5.74) is 4.96. The van der Waals surface area contributed by atoms with E-state index in [2.05, 4.69) is 31.1 Å². The molecule has 0 aliphatic carbocycles. The normalized spacial score (nSPS) is 23.8. The fourth-order valence-electron chi connectivity index (χ4n) is 2.86. The Kier molecular flexibility index (Phi) is 7.63. The smallest absolute Gasteiger partial charge is 0.237 e. The van der Waals surface area contributed by atoms with Gasteiger partial charge in [-0.2, -0.15) is 0 Å². The molecule has 0 aromatic heterocycles. The van der Waals surface area contributed by atoms with E-state index in [-0.39, 0.29) is 11.9 Å². The van der Waals surface area contributed by atoms with Gasteiger partial charge in [0, 0.05) is 19.2 Å². The number of nitrogens with zero attached hydrogens (tertiary/aromatic N) is 1. The maximum absolute atomic E-state index is 11.8. The van der Waals surface area contributed by atoms with Crippen molar-refractivity contribution in [2.24, 2.45) is 5.73 Å². The zero-order valence-corrected chi connectivity index (χ0v) is 14.2. The Morgan fingerprint density at radius 3 is 2.76 bits per heavy atom. The Hall–Kier alpha value is -0.650. The number of hydrogen-bond acceptors (Lipinski definition) is 4. The van der Waals surface area contributed by atoms with Gasteiger partial charge in [0.05, 0.1) is 11.6 Å². The summed E-state index contributed by atoms with van der Waals surface area (Å²) in [5.74, 6) is -0.273. The van der Waals surface area contributed by atoms with E-state index in [4.69, 9.17) is 10.5 Å². The number of hydrogen-bond donors (Lipinski definition) is 2. The van der Waals surface area contributed by atoms with Crippen molar-refractivity contribution in [1.29, 1.82) is 0 Å². The van der Waals surface area contributed by atoms with Gasteiger partial charge >= 0.3 is 0 Å². The second kappa shape index (κ2) is 8.71. The van der Waals surface area contributed by atoms with E-state index in [1.54, 1.807) is 0 Å². The van der Waals surface area contributed by atoms with Gasteiger partial charge in [-0.05, 0) is 59.5 Å². The van der Waals surface area contributed by atoms with Gasteiger partial charge in [0.25, 0.3) is 0 Å². The van der Waals surface area contributed by atoms with E-state index in [0.29, 0.717) is 12.5 Å². The van der Waals surface area contributed by atoms with E-state index in [9.17, 15) is 4.79 Å². The van der Waals surface area contributed by atoms with E-state index in [0.717, 1.165) is 32.5 Å². The molecule has 1 aliphatic rings. The average molecular weight is 299 g/mol. The van der Waals surface area contributed by atoms with Crippen LogP contribution in [0, 0.1) is 0 Å². The number of ether oxygens (including phenoxy) is 1. The van der Waals surface area contributed by atoms with Gasteiger partial charge in [-0.3, -0.25) is 4.79 Å². The van der Waals surface area contributed by atoms with Gasteiger partial charge in [-0.15, -0.1) is 0 Å². The molecule has 0 aromatic carbocycles. The minimum absolute atomic E-state index is 0.273. The Morgan fingerprint density at radius 1 is 1.52 bits per heavy atom. The van der Waals surface area contributed by atoms with Crippen molar-refractivity contribution in [2.75, 3.05) is 26.7 Å². The number of amides is 1. The molecule has 1 fully saturated rings. The molecule has 3 unspecified atom stereocenters. The zero-order valence-electron chi connectivity index (χ0n) is 14.2. The molecule has 1 heterocycles. The SMILES string of the molecule is CCCNC(C)(CC(C)N(C)CC1CCCCO1)C(N)=O. The van der Waals surface area contributed by atoms with E-state index in [1.165, 1.54) is 12.8 Å². The molecular formula is C16H33N3O2. The van der Waals surface area contributed by atoms with Crippen molar-refractivity contribution in [2.45, 2.75) is 70.6 Å². The molecule has 0 spiro atoms. The summed E-state index contributed by atoms with van der Waals surface area (Å²) in [6.07, 6.45) is 5.60. The molecule has 0 saturated carbocycles. The summed E-state index contributed by atoms with van der Waals surface area (Å²) in [6, 6.07) is 0.275. The second-order valence-electron chi connectivity index (χ2n) is 6.60. The molecule has 1 saturated heterocycles. The minimum atomic E-state index is -0.642. The first-order valence-electron chi connectivity index (χ1n) is 8.26. The monoisotopic (exact) mass is 299 g/mol. The van der Waals surface area contributed by atoms with Crippen molar-refractivity contribution in [3.05, 3.63) is 0 Å². The van der Waals surface area contributed by atoms with Crippen LogP contribution in [-0.2, 0) is 9.53 Å². The van der Waals surface area contributed by atoms with E-state index < -0.39 is 5.54 Å². The summed E-state index contributed by atoms with van der Waals surface area (Å²) < 4.78 is 5.79. The second-order valence-corrected chi connectivity index (χ2v) is 6.60. The van der Waals surface area contributed by atoms with Crippen LogP contribution in [0.1, 0.15) is 52.9 Å². The van der Waals surface area contributed by atoms with E-state index >= 15 is 0 Å². The third kappa shape index (κ3) is 5.93. The maximum Gasteiger partial charge on any atom is 0.237 e. The molecule has 0 radical (unpaired) electrons. The molecule has 1 aliphatic heterocycles. The summed E-state index contributed by atoms with van der Waals surface area (Å²) in [7, 11) is 2.10. The Bertz CT molecular complexity index is 319. The predicted molar refractivity (Wildman–Crippen MR) is 86.2 cm³/mol. The number of primary amides is 1. The highest BCUT2D eigenvalue weighted by Gasteiger charge is 2.33. The van der Waals surface area contributed by atoms with Gasteiger partial charge in [0.15, 0.2) is 0 Å². The first kappa shape index (κ1) is 18.4. The van der Waals surface area contributed by atoms with Crippen LogP contribution in [0.5, 0.6) is 0 Å². The van der Waals surface area contributed by atoms with Gasteiger partial charge in [0.1, 0.15) is 0 Å². The molecule has 5 heteroatoms. The lowest BCUT2D eigenvalue weighted by Crippen LogP contribution is -2.56. The van der Waals surface area contributed by atoms with Crippen LogP contribution < -0.4 is 11.1 Å². The third-order valence-electron chi connectivity index (χ3n) is 4.53. The van der Waals surface area contributed by atoms with Crippen molar-refractivity contribution in [3.63, 3.8) is 0 Å². The van der Waals surface area contributed by atoms with Crippen LogP contribution in [0.2, 0.25) is 0 Å². The van der Waals surface area contributed by atoms with Crippen molar-refractivity contribution < 1.29 is 9.53 Å². The minimum Gasteiger partial charge on any atom is -0.377 e. The van der Waals surface area contributed by atoms with Crippen molar-refractivity contribution >= 4 is 5.91 Å². The number of carbonyl (C=O) groups excluding carboxylic acids is 1. The molecule has 1 amide bonds. The lowest BCUT2D eigenvalue weighted by atomic mass is 9.91. The quantitative estimate of drug-likeness (QED) is 0.677. The molecule has 3 atom stereocenters. The number of nitrogens with two attached hydrogens (primary N) is 1. The lowest BCUT2D eigenvalue weighted by molar-refractivity contribution is -0.124. The standard InChI is InChI=1S/C16H33N3O2/c1-5-9-18-16(3,15(17)20)11-13(2)19(4)12-14-8-6-7-10-21-14/h13-14,18H,5-12H2,1-4H3,(H2,17,20). The Balaban J connectivity index is 2.50. The number of nitrogens with one attached hydrogen (secondary N) is 1. The first-order chi connectivity index (χ1) is 9.89. The van der Waals surface area contributed by atoms with Crippen LogP contribution in [-0.4, -0.2) is 55.2 Å². The molecule has 21 heavy (non-hydrogen) atoms. The van der Waals surface area contributed by atoms with Crippen molar-refractivity contribution in [3.8, 4) is 0 Å². The van der Waals surface area contributed by atoms with Crippen LogP contribution >= 0.6 is 0 Å². The van der Waals surface area contributed by atoms with Gasteiger partial charge < -0.3 is 20.7 Å². The summed E-state index contributed by atoms with van der Waals surface area (Å²) >= 11 is 0. The van der Waals surface area contributed by atoms with Gasteiger partial charge in [-0.25, -0.2) is 0 Å². The van der Waals surface area contributed by atoms with Crippen LogP contribution in [0.4, 0.5) is 0 Å². The molecule has 0 aromatic rings. The Labute approximate surface area is 129 Å². The Morgan fingerprint density at radius 2 is 2.24 bits per heavy atom. The highest BCUT2D eigenvalue weighted by Crippen LogP contribution is 2.19. The average Bonchev–Trinajstić information content (AvgIpc) is 2.46. The number of carbonyl (C=O) groups is 1. The third-order valence-corrected chi connectivity index (χ3v) is 4.53. The van der Waals surface area contributed by atoms with Crippen molar-refractivity contribution in [1.82, 2.24) is 10.2 Å². The van der Waals surface area contributed by atoms with Crippen LogP contribution in [0.25, 0.3) is 0 Å². The largest absolute Gasteiger partial charge is 0.377 e. The summed E-state index contributed by atoms with van der Waals surface area (Å²) in [5, 5.41) is 3.30. The maximum atomic E-state index is 11.8. The zero-order chi connectivity index (χ0) is 15.9. The number of likely N-dealkylation sites (N-methyl/N-ethyl adjacent to an activating group) is 1. The molecule has 1 rings (SSSR count). The molecule has 5 nitrogen and oxygen atoms in total. The van der Waals surface area contributed by atoms with Crippen LogP contribution in [0.3, 0.4) is 0 Å². The lowest BCUT2D eigenvalue weighted by Gasteiger charge is -2.36. The van der Waals surface area contributed by atoms with E-state index in [1.807, 2.05) is 6.92 Å². The van der Waals surface area contributed by atoms with Gasteiger partial charge in [0.2, 0.25) is 5.91 Å². The molecule has 3 N–H and O–H groups in total. The molecule has 124 valence electrons. The summed E-state index contributed by atoms with van der Waals surface area (Å²) in [4.78, 5) is 14.1.